The lowest BCUT2D eigenvalue weighted by Crippen LogP contribution is -2.44. The van der Waals surface area contributed by atoms with Crippen molar-refractivity contribution in [1.29, 1.82) is 0 Å². The molecular formula is C9H20N2O2. The van der Waals surface area contributed by atoms with E-state index in [1.54, 1.807) is 7.11 Å². The molecule has 0 atom stereocenters. The summed E-state index contributed by atoms with van der Waals surface area (Å²) in [4.78, 5) is 11.1. The Hall–Kier alpha value is -0.770. The van der Waals surface area contributed by atoms with E-state index in [1.165, 1.54) is 0 Å². The van der Waals surface area contributed by atoms with E-state index in [0.29, 0.717) is 13.1 Å². The van der Waals surface area contributed by atoms with Gasteiger partial charge in [-0.15, -0.1) is 0 Å². The first-order valence-electron chi connectivity index (χ1n) is 4.58. The molecule has 0 aliphatic carbocycles. The van der Waals surface area contributed by atoms with Gasteiger partial charge in [0.05, 0.1) is 5.60 Å². The van der Waals surface area contributed by atoms with Crippen LogP contribution in [0.4, 0.5) is 4.79 Å². The molecular weight excluding hydrogens is 168 g/mol. The summed E-state index contributed by atoms with van der Waals surface area (Å²) >= 11 is 0. The smallest absolute Gasteiger partial charge is 0.314 e. The fraction of sp³-hybridized carbons (Fsp3) is 0.889. The van der Waals surface area contributed by atoms with E-state index in [9.17, 15) is 4.79 Å². The van der Waals surface area contributed by atoms with E-state index in [0.717, 1.165) is 6.42 Å². The molecule has 0 aliphatic rings. The molecule has 2 N–H and O–H groups in total. The topological polar surface area (TPSA) is 50.4 Å². The van der Waals surface area contributed by atoms with E-state index in [-0.39, 0.29) is 11.6 Å². The number of hydrogen-bond acceptors (Lipinski definition) is 2. The molecule has 0 spiro atoms. The zero-order valence-corrected chi connectivity index (χ0v) is 8.94. The van der Waals surface area contributed by atoms with Crippen LogP contribution >= 0.6 is 0 Å². The van der Waals surface area contributed by atoms with Crippen LogP contribution in [-0.2, 0) is 4.74 Å². The second kappa shape index (κ2) is 5.80. The van der Waals surface area contributed by atoms with Crippen LogP contribution in [0.1, 0.15) is 27.2 Å². The van der Waals surface area contributed by atoms with Gasteiger partial charge in [0.15, 0.2) is 0 Å². The maximum atomic E-state index is 11.1. The van der Waals surface area contributed by atoms with Gasteiger partial charge in [0.1, 0.15) is 0 Å². The summed E-state index contributed by atoms with van der Waals surface area (Å²) in [7, 11) is 1.63. The van der Waals surface area contributed by atoms with Crippen LogP contribution in [-0.4, -0.2) is 31.8 Å². The Morgan fingerprint density at radius 3 is 2.46 bits per heavy atom. The first kappa shape index (κ1) is 12.2. The van der Waals surface area contributed by atoms with Gasteiger partial charge < -0.3 is 15.4 Å². The molecule has 4 heteroatoms. The maximum absolute atomic E-state index is 11.1. The van der Waals surface area contributed by atoms with Crippen LogP contribution in [0.3, 0.4) is 0 Å². The van der Waals surface area contributed by atoms with Gasteiger partial charge in [-0.3, -0.25) is 0 Å². The Kier molecular flexibility index (Phi) is 5.46. The predicted octanol–water partition coefficient (Wildman–Crippen LogP) is 1.12. The van der Waals surface area contributed by atoms with Crippen LogP contribution in [0.15, 0.2) is 0 Å². The van der Waals surface area contributed by atoms with Gasteiger partial charge in [-0.05, 0) is 20.3 Å². The van der Waals surface area contributed by atoms with Gasteiger partial charge in [-0.25, -0.2) is 4.79 Å². The van der Waals surface area contributed by atoms with Gasteiger partial charge in [-0.1, -0.05) is 6.92 Å². The second-order valence-electron chi connectivity index (χ2n) is 3.57. The first-order chi connectivity index (χ1) is 6.02. The summed E-state index contributed by atoms with van der Waals surface area (Å²) in [6.07, 6.45) is 0.946. The quantitative estimate of drug-likeness (QED) is 0.679. The molecule has 78 valence electrons. The summed E-state index contributed by atoms with van der Waals surface area (Å²) in [5.41, 5.74) is -0.302. The van der Waals surface area contributed by atoms with Crippen LogP contribution < -0.4 is 10.6 Å². The Balaban J connectivity index is 3.57. The molecule has 0 saturated carbocycles. The molecule has 0 unspecified atom stereocenters. The molecule has 0 bridgehead atoms. The minimum absolute atomic E-state index is 0.132. The molecule has 4 nitrogen and oxygen atoms in total. The summed E-state index contributed by atoms with van der Waals surface area (Å²) in [5.74, 6) is 0. The number of ether oxygens (including phenoxy) is 1. The summed E-state index contributed by atoms with van der Waals surface area (Å²) in [6, 6.07) is -0.132. The highest BCUT2D eigenvalue weighted by molar-refractivity contribution is 5.73. The van der Waals surface area contributed by atoms with E-state index in [2.05, 4.69) is 10.6 Å². The summed E-state index contributed by atoms with van der Waals surface area (Å²) < 4.78 is 5.15. The molecule has 0 aromatic heterocycles. The molecule has 2 amide bonds. The van der Waals surface area contributed by atoms with Crippen molar-refractivity contribution >= 4 is 6.03 Å². The fourth-order valence-corrected chi connectivity index (χ4v) is 0.666. The molecule has 0 rings (SSSR count). The van der Waals surface area contributed by atoms with Gasteiger partial charge in [0.2, 0.25) is 0 Å². The molecule has 0 saturated heterocycles. The highest BCUT2D eigenvalue weighted by Gasteiger charge is 2.16. The Morgan fingerprint density at radius 1 is 1.38 bits per heavy atom. The van der Waals surface area contributed by atoms with E-state index in [1.807, 2.05) is 20.8 Å². The Morgan fingerprint density at radius 2 is 2.00 bits per heavy atom. The number of urea groups is 1. The zero-order chi connectivity index (χ0) is 10.3. The second-order valence-corrected chi connectivity index (χ2v) is 3.57. The van der Waals surface area contributed by atoms with Crippen molar-refractivity contribution in [3.05, 3.63) is 0 Å². The third-order valence-corrected chi connectivity index (χ3v) is 1.76. The highest BCUT2D eigenvalue weighted by Crippen LogP contribution is 2.04. The summed E-state index contributed by atoms with van der Waals surface area (Å²) in [6.45, 7) is 7.08. The highest BCUT2D eigenvalue weighted by atomic mass is 16.5. The number of carbonyl (C=O) groups excluding carboxylic acids is 1. The van der Waals surface area contributed by atoms with Gasteiger partial charge in [0.25, 0.3) is 0 Å². The normalized spacial score (nSPS) is 11.1. The minimum atomic E-state index is -0.302. The lowest BCUT2D eigenvalue weighted by Gasteiger charge is -2.23. The molecule has 0 aliphatic heterocycles. The van der Waals surface area contributed by atoms with Crippen LogP contribution in [0, 0.1) is 0 Å². The van der Waals surface area contributed by atoms with Crippen LogP contribution in [0.25, 0.3) is 0 Å². The first-order valence-corrected chi connectivity index (χ1v) is 4.58. The third kappa shape index (κ3) is 6.40. The maximum Gasteiger partial charge on any atom is 0.314 e. The minimum Gasteiger partial charge on any atom is -0.377 e. The molecule has 0 fully saturated rings. The third-order valence-electron chi connectivity index (χ3n) is 1.76. The lowest BCUT2D eigenvalue weighted by atomic mass is 10.1. The number of methoxy groups -OCH3 is 1. The number of hydrogen-bond donors (Lipinski definition) is 2. The molecule has 0 heterocycles. The van der Waals surface area contributed by atoms with Crippen molar-refractivity contribution in [2.45, 2.75) is 32.8 Å². The van der Waals surface area contributed by atoms with Gasteiger partial charge in [0, 0.05) is 20.2 Å². The van der Waals surface area contributed by atoms with Crippen molar-refractivity contribution < 1.29 is 9.53 Å². The largest absolute Gasteiger partial charge is 0.377 e. The Bertz CT molecular complexity index is 158. The van der Waals surface area contributed by atoms with E-state index in [4.69, 9.17) is 4.74 Å². The average molecular weight is 188 g/mol. The van der Waals surface area contributed by atoms with Crippen LogP contribution in [0.2, 0.25) is 0 Å². The molecule has 0 aromatic rings. The van der Waals surface area contributed by atoms with Crippen molar-refractivity contribution in [2.75, 3.05) is 20.2 Å². The lowest BCUT2D eigenvalue weighted by molar-refractivity contribution is 0.0254. The predicted molar refractivity (Wildman–Crippen MR) is 52.8 cm³/mol. The van der Waals surface area contributed by atoms with Crippen molar-refractivity contribution in [1.82, 2.24) is 10.6 Å². The molecule has 0 radical (unpaired) electrons. The van der Waals surface area contributed by atoms with Crippen LogP contribution in [0.5, 0.6) is 0 Å². The number of nitrogens with one attached hydrogen (secondary N) is 2. The average Bonchev–Trinajstić information content (AvgIpc) is 2.11. The number of rotatable bonds is 5. The van der Waals surface area contributed by atoms with Crippen molar-refractivity contribution in [2.24, 2.45) is 0 Å². The SMILES string of the molecule is CCCNC(=O)NCC(C)(C)OC. The fourth-order valence-electron chi connectivity index (χ4n) is 0.666. The monoisotopic (exact) mass is 188 g/mol. The van der Waals surface area contributed by atoms with E-state index < -0.39 is 0 Å². The van der Waals surface area contributed by atoms with E-state index >= 15 is 0 Å². The molecule has 13 heavy (non-hydrogen) atoms. The standard InChI is InChI=1S/C9H20N2O2/c1-5-6-10-8(12)11-7-9(2,3)13-4/h5-7H2,1-4H3,(H2,10,11,12). The summed E-state index contributed by atoms with van der Waals surface area (Å²) in [5, 5.41) is 5.46. The molecule has 0 aromatic carbocycles. The number of amides is 2. The number of carbonyl (C=O) groups is 1. The van der Waals surface area contributed by atoms with Crippen molar-refractivity contribution in [3.63, 3.8) is 0 Å². The van der Waals surface area contributed by atoms with Gasteiger partial charge in [-0.2, -0.15) is 0 Å². The Labute approximate surface area is 80.0 Å². The van der Waals surface area contributed by atoms with Gasteiger partial charge >= 0.3 is 6.03 Å². The zero-order valence-electron chi connectivity index (χ0n) is 8.94. The van der Waals surface area contributed by atoms with Crippen molar-refractivity contribution in [3.8, 4) is 0 Å².